The molecule has 0 aliphatic carbocycles. The number of nitrogens with zero attached hydrogens (tertiary/aromatic N) is 5. The first-order valence-corrected chi connectivity index (χ1v) is 10.0. The lowest BCUT2D eigenvalue weighted by Crippen LogP contribution is -2.47. The number of hydrogen-bond acceptors (Lipinski definition) is 5. The second-order valence-corrected chi connectivity index (χ2v) is 7.79. The molecule has 138 valence electrons. The molecule has 3 saturated heterocycles. The van der Waals surface area contributed by atoms with E-state index in [0.717, 1.165) is 30.8 Å². The van der Waals surface area contributed by atoms with Gasteiger partial charge in [0.05, 0.1) is 34.9 Å². The molecule has 2 aromatic rings. The van der Waals surface area contributed by atoms with E-state index in [4.69, 9.17) is 0 Å². The predicted octanol–water partition coefficient (Wildman–Crippen LogP) is 1.93. The Kier molecular flexibility index (Phi) is 4.52. The molecule has 0 N–H and O–H groups in total. The molecule has 8 heteroatoms. The number of rotatable bonds is 4. The van der Waals surface area contributed by atoms with Gasteiger partial charge in [-0.3, -0.25) is 14.3 Å². The van der Waals surface area contributed by atoms with E-state index >= 15 is 0 Å². The van der Waals surface area contributed by atoms with Crippen LogP contribution in [0.15, 0.2) is 17.1 Å². The van der Waals surface area contributed by atoms with Crippen molar-refractivity contribution in [3.05, 3.63) is 34.0 Å². The lowest BCUT2D eigenvalue weighted by Gasteiger charge is -2.35. The Bertz CT molecular complexity index is 816. The Balaban J connectivity index is 1.56. The molecular weight excluding hydrogens is 350 g/mol. The Hall–Kier alpha value is -2.22. The lowest BCUT2D eigenvalue weighted by atomic mass is 9.94. The molecule has 5 heterocycles. The van der Waals surface area contributed by atoms with Crippen molar-refractivity contribution >= 4 is 23.2 Å². The lowest BCUT2D eigenvalue weighted by molar-refractivity contribution is -0.140. The largest absolute Gasteiger partial charge is 0.336 e. The number of fused-ring (bicyclic) bond motifs is 4. The van der Waals surface area contributed by atoms with E-state index in [0.29, 0.717) is 25.2 Å². The zero-order valence-corrected chi connectivity index (χ0v) is 15.9. The minimum atomic E-state index is -0.113. The molecule has 3 aliphatic rings. The second-order valence-electron chi connectivity index (χ2n) is 7.07. The summed E-state index contributed by atoms with van der Waals surface area (Å²) in [4.78, 5) is 34.1. The SMILES string of the molecule is CCn1cc(C(=O)N2C[C@@H]3CC[C@H](C2)N(Cc2cscn2)C3=O)c(C)n1. The average molecular weight is 373 g/mol. The van der Waals surface area contributed by atoms with Gasteiger partial charge in [-0.05, 0) is 26.7 Å². The minimum Gasteiger partial charge on any atom is -0.336 e. The maximum absolute atomic E-state index is 13.1. The molecule has 2 bridgehead atoms. The third-order valence-electron chi connectivity index (χ3n) is 5.40. The predicted molar refractivity (Wildman–Crippen MR) is 97.7 cm³/mol. The van der Waals surface area contributed by atoms with Crippen molar-refractivity contribution in [1.82, 2.24) is 24.6 Å². The van der Waals surface area contributed by atoms with E-state index in [-0.39, 0.29) is 23.8 Å². The van der Waals surface area contributed by atoms with E-state index in [9.17, 15) is 9.59 Å². The quantitative estimate of drug-likeness (QED) is 0.821. The van der Waals surface area contributed by atoms with Gasteiger partial charge in [0.2, 0.25) is 5.91 Å². The van der Waals surface area contributed by atoms with Gasteiger partial charge in [0.15, 0.2) is 0 Å². The van der Waals surface area contributed by atoms with Gasteiger partial charge in [0, 0.05) is 37.3 Å². The summed E-state index contributed by atoms with van der Waals surface area (Å²) in [5.74, 6) is 0.0331. The molecular formula is C18H23N5O2S. The topological polar surface area (TPSA) is 71.3 Å². The first-order chi connectivity index (χ1) is 12.6. The van der Waals surface area contributed by atoms with Crippen LogP contribution in [0.25, 0.3) is 0 Å². The standard InChI is InChI=1S/C18H23N5O2S/c1-3-22-9-16(12(2)20-22)18(25)21-6-13-4-5-15(8-21)23(17(13)24)7-14-10-26-11-19-14/h9-11,13,15H,3-8H2,1-2H3/t13-,15+/m0/s1. The van der Waals surface area contributed by atoms with Gasteiger partial charge < -0.3 is 9.80 Å². The third-order valence-corrected chi connectivity index (χ3v) is 6.03. The normalized spacial score (nSPS) is 22.8. The molecule has 0 unspecified atom stereocenters. The summed E-state index contributed by atoms with van der Waals surface area (Å²) in [7, 11) is 0. The Labute approximate surface area is 156 Å². The Morgan fingerprint density at radius 3 is 2.88 bits per heavy atom. The molecule has 0 saturated carbocycles. The number of piperidine rings is 1. The molecule has 0 spiro atoms. The summed E-state index contributed by atoms with van der Waals surface area (Å²) in [6, 6.07) is 0.0634. The van der Waals surface area contributed by atoms with Gasteiger partial charge in [0.1, 0.15) is 0 Å². The van der Waals surface area contributed by atoms with Crippen molar-refractivity contribution in [2.75, 3.05) is 13.1 Å². The van der Waals surface area contributed by atoms with E-state index in [1.807, 2.05) is 35.2 Å². The molecule has 2 aromatic heterocycles. The third kappa shape index (κ3) is 3.02. The maximum Gasteiger partial charge on any atom is 0.257 e. The average Bonchev–Trinajstić information content (AvgIpc) is 3.19. The van der Waals surface area contributed by atoms with Gasteiger partial charge in [-0.15, -0.1) is 11.3 Å². The minimum absolute atomic E-state index is 0.0117. The molecule has 5 rings (SSSR count). The molecule has 7 nitrogen and oxygen atoms in total. The van der Waals surface area contributed by atoms with Gasteiger partial charge in [-0.1, -0.05) is 0 Å². The number of thiazole rings is 1. The zero-order chi connectivity index (χ0) is 18.3. The summed E-state index contributed by atoms with van der Waals surface area (Å²) in [5.41, 5.74) is 4.11. The van der Waals surface area contributed by atoms with Crippen molar-refractivity contribution in [3.63, 3.8) is 0 Å². The monoisotopic (exact) mass is 373 g/mol. The number of hydrogen-bond donors (Lipinski definition) is 0. The number of amides is 2. The fraction of sp³-hybridized carbons (Fsp3) is 0.556. The van der Waals surface area contributed by atoms with Crippen LogP contribution in [-0.2, 0) is 17.9 Å². The van der Waals surface area contributed by atoms with Crippen molar-refractivity contribution in [3.8, 4) is 0 Å². The van der Waals surface area contributed by atoms with Gasteiger partial charge in [0.25, 0.3) is 5.91 Å². The van der Waals surface area contributed by atoms with Crippen LogP contribution in [0, 0.1) is 12.8 Å². The maximum atomic E-state index is 13.1. The van der Waals surface area contributed by atoms with Crippen LogP contribution < -0.4 is 0 Å². The Morgan fingerprint density at radius 1 is 1.35 bits per heavy atom. The van der Waals surface area contributed by atoms with Crippen LogP contribution in [0.4, 0.5) is 0 Å². The van der Waals surface area contributed by atoms with Gasteiger partial charge in [-0.2, -0.15) is 5.10 Å². The molecule has 0 aromatic carbocycles. The smallest absolute Gasteiger partial charge is 0.257 e. The summed E-state index contributed by atoms with van der Waals surface area (Å²) >= 11 is 1.54. The summed E-state index contributed by atoms with van der Waals surface area (Å²) in [6.07, 6.45) is 3.62. The molecule has 3 aliphatic heterocycles. The molecule has 26 heavy (non-hydrogen) atoms. The first kappa shape index (κ1) is 17.2. The number of aromatic nitrogens is 3. The Morgan fingerprint density at radius 2 is 2.19 bits per heavy atom. The molecule has 2 atom stereocenters. The van der Waals surface area contributed by atoms with E-state index in [1.54, 1.807) is 21.5 Å². The fourth-order valence-corrected chi connectivity index (χ4v) is 4.51. The van der Waals surface area contributed by atoms with Crippen LogP contribution in [0.3, 0.4) is 0 Å². The number of carbonyl (C=O) groups is 2. The van der Waals surface area contributed by atoms with Crippen LogP contribution in [0.2, 0.25) is 0 Å². The van der Waals surface area contributed by atoms with Gasteiger partial charge in [-0.25, -0.2) is 4.98 Å². The van der Waals surface area contributed by atoms with Crippen LogP contribution in [0.5, 0.6) is 0 Å². The highest BCUT2D eigenvalue weighted by molar-refractivity contribution is 7.07. The highest BCUT2D eigenvalue weighted by Gasteiger charge is 2.42. The van der Waals surface area contributed by atoms with E-state index < -0.39 is 0 Å². The van der Waals surface area contributed by atoms with Crippen molar-refractivity contribution in [1.29, 1.82) is 0 Å². The van der Waals surface area contributed by atoms with Crippen LogP contribution in [0.1, 0.15) is 41.5 Å². The second kappa shape index (κ2) is 6.83. The van der Waals surface area contributed by atoms with Crippen molar-refractivity contribution in [2.24, 2.45) is 5.92 Å². The molecule has 0 radical (unpaired) electrons. The summed E-state index contributed by atoms with van der Waals surface area (Å²) < 4.78 is 1.79. The van der Waals surface area contributed by atoms with Crippen molar-refractivity contribution in [2.45, 2.75) is 45.8 Å². The zero-order valence-electron chi connectivity index (χ0n) is 15.1. The summed E-state index contributed by atoms with van der Waals surface area (Å²) in [5, 5.41) is 6.37. The molecule has 2 amide bonds. The summed E-state index contributed by atoms with van der Waals surface area (Å²) in [6.45, 7) is 6.23. The van der Waals surface area contributed by atoms with Gasteiger partial charge >= 0.3 is 0 Å². The van der Waals surface area contributed by atoms with Crippen LogP contribution >= 0.6 is 11.3 Å². The van der Waals surface area contributed by atoms with E-state index in [1.165, 1.54) is 0 Å². The number of carbonyl (C=O) groups excluding carboxylic acids is 2. The first-order valence-electron chi connectivity index (χ1n) is 9.07. The van der Waals surface area contributed by atoms with Crippen LogP contribution in [-0.4, -0.2) is 55.5 Å². The van der Waals surface area contributed by atoms with Crippen molar-refractivity contribution < 1.29 is 9.59 Å². The number of aryl methyl sites for hydroxylation is 2. The van der Waals surface area contributed by atoms with E-state index in [2.05, 4.69) is 10.1 Å². The fourth-order valence-electron chi connectivity index (χ4n) is 3.96. The highest BCUT2D eigenvalue weighted by atomic mass is 32.1. The highest BCUT2D eigenvalue weighted by Crippen LogP contribution is 2.31. The molecule has 3 fully saturated rings.